The fraction of sp³-hybridized carbons (Fsp3) is 0.917. The minimum Gasteiger partial charge on any atom is -0.369 e. The van der Waals surface area contributed by atoms with Gasteiger partial charge in [0, 0.05) is 6.04 Å². The average Bonchev–Trinajstić information content (AvgIpc) is 2.35. The molecule has 0 heterocycles. The summed E-state index contributed by atoms with van der Waals surface area (Å²) in [6, 6.07) is -0.410. The largest absolute Gasteiger partial charge is 0.411 e. The first-order chi connectivity index (χ1) is 8.81. The van der Waals surface area contributed by atoms with Gasteiger partial charge in [0.15, 0.2) is 0 Å². The highest BCUT2D eigenvalue weighted by atomic mass is 19.4. The number of alkyl halides is 3. The van der Waals surface area contributed by atoms with Crippen LogP contribution >= 0.6 is 0 Å². The highest BCUT2D eigenvalue weighted by Gasteiger charge is 2.31. The summed E-state index contributed by atoms with van der Waals surface area (Å²) >= 11 is 0. The molecule has 2 N–H and O–H groups in total. The van der Waals surface area contributed by atoms with Gasteiger partial charge in [0.2, 0.25) is 5.91 Å². The summed E-state index contributed by atoms with van der Waals surface area (Å²) < 4.78 is 41.1. The van der Waals surface area contributed by atoms with Gasteiger partial charge in [-0.05, 0) is 39.7 Å². The van der Waals surface area contributed by atoms with Crippen LogP contribution in [0.1, 0.15) is 32.6 Å². The Morgan fingerprint density at radius 1 is 1.42 bits per heavy atom. The smallest absolute Gasteiger partial charge is 0.369 e. The lowest BCUT2D eigenvalue weighted by Gasteiger charge is -2.30. The van der Waals surface area contributed by atoms with E-state index in [2.05, 4.69) is 10.6 Å². The van der Waals surface area contributed by atoms with Crippen LogP contribution in [0.3, 0.4) is 0 Å². The lowest BCUT2D eigenvalue weighted by Crippen LogP contribution is -2.47. The zero-order valence-corrected chi connectivity index (χ0v) is 11.2. The molecular weight excluding hydrogens is 261 g/mol. The number of hydrogen-bond acceptors (Lipinski definition) is 3. The fourth-order valence-corrected chi connectivity index (χ4v) is 2.10. The number of amides is 1. The van der Waals surface area contributed by atoms with Crippen molar-refractivity contribution in [3.8, 4) is 0 Å². The molecule has 3 atom stereocenters. The van der Waals surface area contributed by atoms with Gasteiger partial charge in [0.05, 0.1) is 12.1 Å². The van der Waals surface area contributed by atoms with Crippen LogP contribution in [0.2, 0.25) is 0 Å². The number of nitrogens with one attached hydrogen (secondary N) is 2. The minimum absolute atomic E-state index is 0.102. The van der Waals surface area contributed by atoms with E-state index in [1.807, 2.05) is 0 Å². The molecule has 3 unspecified atom stereocenters. The Morgan fingerprint density at radius 2 is 2.11 bits per heavy atom. The Kier molecular flexibility index (Phi) is 6.06. The minimum atomic E-state index is -4.29. The van der Waals surface area contributed by atoms with Gasteiger partial charge in [0.1, 0.15) is 6.61 Å². The predicted octanol–water partition coefficient (Wildman–Crippen LogP) is 1.60. The molecule has 0 aromatic rings. The third-order valence-electron chi connectivity index (χ3n) is 3.28. The van der Waals surface area contributed by atoms with Gasteiger partial charge in [-0.3, -0.25) is 4.79 Å². The van der Waals surface area contributed by atoms with E-state index in [1.54, 1.807) is 14.0 Å². The Labute approximate surface area is 111 Å². The molecule has 19 heavy (non-hydrogen) atoms. The lowest BCUT2D eigenvalue weighted by molar-refractivity contribution is -0.188. The van der Waals surface area contributed by atoms with E-state index in [9.17, 15) is 18.0 Å². The number of carbonyl (C=O) groups is 1. The number of ether oxygens (including phenoxy) is 1. The maximum atomic E-state index is 12.1. The number of carbonyl (C=O) groups excluding carboxylic acids is 1. The Bertz CT molecular complexity index is 297. The molecular formula is C12H21F3N2O2. The van der Waals surface area contributed by atoms with Crippen molar-refractivity contribution in [1.82, 2.24) is 10.6 Å². The number of halogens is 3. The molecule has 0 aliphatic heterocycles. The van der Waals surface area contributed by atoms with Gasteiger partial charge in [-0.25, -0.2) is 0 Å². The third-order valence-corrected chi connectivity index (χ3v) is 3.28. The predicted molar refractivity (Wildman–Crippen MR) is 64.7 cm³/mol. The second-order valence-electron chi connectivity index (χ2n) is 4.93. The van der Waals surface area contributed by atoms with Gasteiger partial charge in [0.25, 0.3) is 0 Å². The summed E-state index contributed by atoms with van der Waals surface area (Å²) in [5.41, 5.74) is 0. The van der Waals surface area contributed by atoms with Gasteiger partial charge >= 0.3 is 6.18 Å². The molecule has 1 amide bonds. The van der Waals surface area contributed by atoms with Crippen molar-refractivity contribution in [2.45, 2.75) is 57.0 Å². The van der Waals surface area contributed by atoms with Crippen LogP contribution in [0, 0.1) is 0 Å². The second-order valence-corrected chi connectivity index (χ2v) is 4.93. The summed E-state index contributed by atoms with van der Waals surface area (Å²) in [7, 11) is 1.68. The van der Waals surface area contributed by atoms with Crippen LogP contribution in [-0.2, 0) is 9.53 Å². The summed E-state index contributed by atoms with van der Waals surface area (Å²) in [5, 5.41) is 5.65. The molecule has 1 fully saturated rings. The van der Waals surface area contributed by atoms with E-state index in [0.29, 0.717) is 12.8 Å². The summed E-state index contributed by atoms with van der Waals surface area (Å²) in [6.45, 7) is 0.515. The fourth-order valence-electron chi connectivity index (χ4n) is 2.10. The van der Waals surface area contributed by atoms with Crippen molar-refractivity contribution < 1.29 is 22.7 Å². The third kappa shape index (κ3) is 6.24. The molecule has 0 bridgehead atoms. The molecule has 0 saturated heterocycles. The van der Waals surface area contributed by atoms with Gasteiger partial charge in [-0.15, -0.1) is 0 Å². The van der Waals surface area contributed by atoms with Gasteiger partial charge < -0.3 is 15.4 Å². The molecule has 1 rings (SSSR count). The summed E-state index contributed by atoms with van der Waals surface area (Å²) in [6.07, 6.45) is -2.11. The van der Waals surface area contributed by atoms with Crippen molar-refractivity contribution >= 4 is 5.91 Å². The molecule has 0 aromatic heterocycles. The average molecular weight is 282 g/mol. The Balaban J connectivity index is 2.36. The highest BCUT2D eigenvalue weighted by Crippen LogP contribution is 2.24. The van der Waals surface area contributed by atoms with E-state index in [-0.39, 0.29) is 18.0 Å². The normalized spacial score (nSPS) is 25.9. The first-order valence-corrected chi connectivity index (χ1v) is 6.48. The van der Waals surface area contributed by atoms with Crippen LogP contribution in [0.15, 0.2) is 0 Å². The summed E-state index contributed by atoms with van der Waals surface area (Å²) in [4.78, 5) is 11.7. The molecule has 1 saturated carbocycles. The van der Waals surface area contributed by atoms with E-state index in [4.69, 9.17) is 4.74 Å². The van der Waals surface area contributed by atoms with Crippen LogP contribution in [0.4, 0.5) is 13.2 Å². The molecule has 7 heteroatoms. The maximum absolute atomic E-state index is 12.1. The Hall–Kier alpha value is -0.820. The molecule has 0 aromatic carbocycles. The van der Waals surface area contributed by atoms with E-state index in [0.717, 1.165) is 12.8 Å². The Morgan fingerprint density at radius 3 is 2.68 bits per heavy atom. The molecule has 112 valence electrons. The van der Waals surface area contributed by atoms with E-state index >= 15 is 0 Å². The van der Waals surface area contributed by atoms with Crippen LogP contribution < -0.4 is 10.6 Å². The van der Waals surface area contributed by atoms with E-state index in [1.165, 1.54) is 0 Å². The first-order valence-electron chi connectivity index (χ1n) is 6.48. The van der Waals surface area contributed by atoms with Crippen LogP contribution in [0.25, 0.3) is 0 Å². The molecule has 1 aliphatic carbocycles. The zero-order valence-electron chi connectivity index (χ0n) is 11.2. The number of hydrogen-bond donors (Lipinski definition) is 2. The summed E-state index contributed by atoms with van der Waals surface area (Å²) in [5.74, 6) is -0.135. The quantitative estimate of drug-likeness (QED) is 0.805. The second kappa shape index (κ2) is 7.09. The van der Waals surface area contributed by atoms with Crippen molar-refractivity contribution in [3.63, 3.8) is 0 Å². The van der Waals surface area contributed by atoms with E-state index < -0.39 is 18.9 Å². The highest BCUT2D eigenvalue weighted by molar-refractivity contribution is 5.81. The first kappa shape index (κ1) is 16.2. The molecule has 1 aliphatic rings. The topological polar surface area (TPSA) is 50.4 Å². The number of rotatable bonds is 5. The van der Waals surface area contributed by atoms with Crippen LogP contribution in [-0.4, -0.2) is 43.9 Å². The molecule has 4 nitrogen and oxygen atoms in total. The molecule has 0 spiro atoms. The van der Waals surface area contributed by atoms with Gasteiger partial charge in [-0.2, -0.15) is 13.2 Å². The number of likely N-dealkylation sites (N-methyl/N-ethyl adjacent to an activating group) is 1. The SMILES string of the molecule is CNC(C)C(=O)NC1CCCC(OCC(F)(F)F)C1. The van der Waals surface area contributed by atoms with Crippen molar-refractivity contribution in [2.24, 2.45) is 0 Å². The zero-order chi connectivity index (χ0) is 14.5. The maximum Gasteiger partial charge on any atom is 0.411 e. The van der Waals surface area contributed by atoms with Crippen molar-refractivity contribution in [1.29, 1.82) is 0 Å². The monoisotopic (exact) mass is 282 g/mol. The standard InChI is InChI=1S/C12H21F3N2O2/c1-8(16-2)11(18)17-9-4-3-5-10(6-9)19-7-12(13,14)15/h8-10,16H,3-7H2,1-2H3,(H,17,18). The van der Waals surface area contributed by atoms with Crippen molar-refractivity contribution in [2.75, 3.05) is 13.7 Å². The van der Waals surface area contributed by atoms with Crippen LogP contribution in [0.5, 0.6) is 0 Å². The van der Waals surface area contributed by atoms with Crippen molar-refractivity contribution in [3.05, 3.63) is 0 Å². The van der Waals surface area contributed by atoms with Gasteiger partial charge in [-0.1, -0.05) is 0 Å². The molecule has 0 radical (unpaired) electrons. The lowest BCUT2D eigenvalue weighted by atomic mass is 9.92.